The van der Waals surface area contributed by atoms with Gasteiger partial charge in [0.2, 0.25) is 0 Å². The highest BCUT2D eigenvalue weighted by Gasteiger charge is 2.22. The Balaban J connectivity index is 1.96. The maximum atomic E-state index is 12.8. The van der Waals surface area contributed by atoms with Gasteiger partial charge in [0.25, 0.3) is 11.5 Å². The lowest BCUT2D eigenvalue weighted by Crippen LogP contribution is -2.38. The molecule has 6 heteroatoms. The summed E-state index contributed by atoms with van der Waals surface area (Å²) in [6.07, 6.45) is 0.827. The number of thiophene rings is 1. The molecule has 3 aromatic rings. The molecule has 1 amide bonds. The van der Waals surface area contributed by atoms with Crippen LogP contribution in [0.5, 0.6) is 0 Å². The summed E-state index contributed by atoms with van der Waals surface area (Å²) in [4.78, 5) is 34.1. The zero-order chi connectivity index (χ0) is 17.1. The zero-order valence-electron chi connectivity index (χ0n) is 13.7. The van der Waals surface area contributed by atoms with Gasteiger partial charge in [0.1, 0.15) is 5.82 Å². The molecule has 0 fully saturated rings. The summed E-state index contributed by atoms with van der Waals surface area (Å²) in [5, 5.41) is 4.28. The third-order valence-corrected chi connectivity index (χ3v) is 4.82. The van der Waals surface area contributed by atoms with E-state index in [1.54, 1.807) is 11.0 Å². The first kappa shape index (κ1) is 16.4. The van der Waals surface area contributed by atoms with E-state index in [1.165, 1.54) is 11.3 Å². The minimum atomic E-state index is -0.178. The number of nitrogens with one attached hydrogen (secondary N) is 1. The van der Waals surface area contributed by atoms with Crippen LogP contribution >= 0.6 is 11.3 Å². The molecule has 1 N–H and O–H groups in total. The highest BCUT2D eigenvalue weighted by molar-refractivity contribution is 7.08. The van der Waals surface area contributed by atoms with Gasteiger partial charge in [-0.05, 0) is 36.9 Å². The lowest BCUT2D eigenvalue weighted by atomic mass is 10.2. The van der Waals surface area contributed by atoms with Crippen LogP contribution in [0.4, 0.5) is 0 Å². The summed E-state index contributed by atoms with van der Waals surface area (Å²) in [7, 11) is 0. The molecule has 5 nitrogen and oxygen atoms in total. The Bertz CT molecular complexity index is 902. The van der Waals surface area contributed by atoms with Gasteiger partial charge < -0.3 is 9.88 Å². The van der Waals surface area contributed by atoms with E-state index in [9.17, 15) is 9.59 Å². The maximum Gasteiger partial charge on any atom is 0.258 e. The number of hydrogen-bond donors (Lipinski definition) is 1. The number of benzene rings is 1. The molecule has 0 bridgehead atoms. The number of amides is 1. The molecule has 24 heavy (non-hydrogen) atoms. The molecular formula is C18H19N3O2S. The van der Waals surface area contributed by atoms with Crippen molar-refractivity contribution < 1.29 is 4.79 Å². The third-order valence-electron chi connectivity index (χ3n) is 4.13. The largest absolute Gasteiger partial charge is 0.328 e. The molecule has 124 valence electrons. The first-order valence-electron chi connectivity index (χ1n) is 7.91. The number of aromatic amines is 1. The molecule has 3 rings (SSSR count). The summed E-state index contributed by atoms with van der Waals surface area (Å²) >= 11 is 1.49. The summed E-state index contributed by atoms with van der Waals surface area (Å²) in [5.74, 6) is 0.462. The van der Waals surface area contributed by atoms with Crippen LogP contribution in [0.1, 0.15) is 36.5 Å². The molecule has 0 aliphatic carbocycles. The average molecular weight is 341 g/mol. The summed E-state index contributed by atoms with van der Waals surface area (Å²) in [5.41, 5.74) is 1.13. The minimum Gasteiger partial charge on any atom is -0.328 e. The average Bonchev–Trinajstić information content (AvgIpc) is 3.13. The smallest absolute Gasteiger partial charge is 0.258 e. The quantitative estimate of drug-likeness (QED) is 0.773. The van der Waals surface area contributed by atoms with Crippen molar-refractivity contribution >= 4 is 28.1 Å². The third kappa shape index (κ3) is 3.23. The van der Waals surface area contributed by atoms with Crippen LogP contribution in [0.3, 0.4) is 0 Å². The molecule has 0 aliphatic heterocycles. The number of rotatable bonds is 5. The van der Waals surface area contributed by atoms with Gasteiger partial charge >= 0.3 is 0 Å². The lowest BCUT2D eigenvalue weighted by molar-refractivity contribution is 0.0666. The van der Waals surface area contributed by atoms with Gasteiger partial charge in [-0.3, -0.25) is 9.59 Å². The monoisotopic (exact) mass is 341 g/mol. The van der Waals surface area contributed by atoms with Crippen LogP contribution in [0.25, 0.3) is 10.9 Å². The molecule has 0 saturated heterocycles. The predicted molar refractivity (Wildman–Crippen MR) is 96.3 cm³/mol. The normalized spacial score (nSPS) is 12.2. The summed E-state index contributed by atoms with van der Waals surface area (Å²) in [6.45, 7) is 4.32. The summed E-state index contributed by atoms with van der Waals surface area (Å²) in [6, 6.07) is 9.08. The molecule has 0 unspecified atom stereocenters. The second kappa shape index (κ2) is 6.97. The van der Waals surface area contributed by atoms with Crippen LogP contribution in [0.15, 0.2) is 45.9 Å². The van der Waals surface area contributed by atoms with E-state index in [-0.39, 0.29) is 24.1 Å². The molecule has 1 atom stereocenters. The molecule has 0 saturated carbocycles. The number of H-pyrrole nitrogens is 1. The van der Waals surface area contributed by atoms with E-state index in [0.29, 0.717) is 22.3 Å². The van der Waals surface area contributed by atoms with Gasteiger partial charge in [-0.15, -0.1) is 0 Å². The van der Waals surface area contributed by atoms with Crippen molar-refractivity contribution in [2.45, 2.75) is 32.9 Å². The van der Waals surface area contributed by atoms with Crippen LogP contribution in [-0.2, 0) is 6.54 Å². The Hall–Kier alpha value is -2.47. The Kier molecular flexibility index (Phi) is 4.76. The number of carbonyl (C=O) groups excluding carboxylic acids is 1. The minimum absolute atomic E-state index is 0.0404. The number of carbonyl (C=O) groups is 1. The van der Waals surface area contributed by atoms with Gasteiger partial charge in [-0.2, -0.15) is 11.3 Å². The molecule has 2 heterocycles. The highest BCUT2D eigenvalue weighted by Crippen LogP contribution is 2.16. The van der Waals surface area contributed by atoms with E-state index in [2.05, 4.69) is 9.97 Å². The van der Waals surface area contributed by atoms with E-state index < -0.39 is 0 Å². The topological polar surface area (TPSA) is 66.1 Å². The maximum absolute atomic E-state index is 12.8. The van der Waals surface area contributed by atoms with Crippen molar-refractivity contribution in [1.29, 1.82) is 0 Å². The standard InChI is InChI=1S/C18H19N3O2S/c1-3-12(2)21(18(23)13-8-9-24-11-13)10-16-19-15-7-5-4-6-14(15)17(22)20-16/h4-9,11-12H,3,10H2,1-2H3,(H,19,20,22)/t12-/m1/s1. The second-order valence-corrected chi connectivity index (χ2v) is 6.51. The first-order valence-corrected chi connectivity index (χ1v) is 8.85. The highest BCUT2D eigenvalue weighted by atomic mass is 32.1. The molecule has 1 aromatic carbocycles. The van der Waals surface area contributed by atoms with Gasteiger partial charge in [-0.1, -0.05) is 19.1 Å². The molecular weight excluding hydrogens is 322 g/mol. The fraction of sp³-hybridized carbons (Fsp3) is 0.278. The van der Waals surface area contributed by atoms with Gasteiger partial charge in [0.05, 0.1) is 23.0 Å². The molecule has 0 radical (unpaired) electrons. The van der Waals surface area contributed by atoms with Crippen molar-refractivity contribution in [2.75, 3.05) is 0 Å². The lowest BCUT2D eigenvalue weighted by Gasteiger charge is -2.28. The van der Waals surface area contributed by atoms with Crippen LogP contribution < -0.4 is 5.56 Å². The SMILES string of the molecule is CC[C@@H](C)N(Cc1nc2ccccc2c(=O)[nH]1)C(=O)c1ccsc1. The Morgan fingerprint density at radius 1 is 1.33 bits per heavy atom. The molecule has 0 spiro atoms. The molecule has 2 aromatic heterocycles. The zero-order valence-corrected chi connectivity index (χ0v) is 14.5. The van der Waals surface area contributed by atoms with Crippen molar-refractivity contribution in [3.63, 3.8) is 0 Å². The fourth-order valence-corrected chi connectivity index (χ4v) is 3.20. The van der Waals surface area contributed by atoms with Gasteiger partial charge in [-0.25, -0.2) is 4.98 Å². The Morgan fingerprint density at radius 2 is 2.12 bits per heavy atom. The van der Waals surface area contributed by atoms with Crippen molar-refractivity contribution in [1.82, 2.24) is 14.9 Å². The van der Waals surface area contributed by atoms with Crippen LogP contribution in [0, 0.1) is 0 Å². The van der Waals surface area contributed by atoms with Crippen molar-refractivity contribution in [2.24, 2.45) is 0 Å². The fourth-order valence-electron chi connectivity index (χ4n) is 2.57. The summed E-state index contributed by atoms with van der Waals surface area (Å²) < 4.78 is 0. The van der Waals surface area contributed by atoms with E-state index in [4.69, 9.17) is 0 Å². The second-order valence-electron chi connectivity index (χ2n) is 5.73. The number of aromatic nitrogens is 2. The van der Waals surface area contributed by atoms with E-state index >= 15 is 0 Å². The van der Waals surface area contributed by atoms with E-state index in [1.807, 2.05) is 48.9 Å². The van der Waals surface area contributed by atoms with Crippen molar-refractivity contribution in [3.8, 4) is 0 Å². The van der Waals surface area contributed by atoms with E-state index in [0.717, 1.165) is 6.42 Å². The number of para-hydroxylation sites is 1. The van der Waals surface area contributed by atoms with Crippen LogP contribution in [-0.4, -0.2) is 26.8 Å². The number of fused-ring (bicyclic) bond motifs is 1. The Labute approximate surface area is 144 Å². The number of nitrogens with zero attached hydrogens (tertiary/aromatic N) is 2. The van der Waals surface area contributed by atoms with Crippen molar-refractivity contribution in [3.05, 3.63) is 62.8 Å². The Morgan fingerprint density at radius 3 is 2.83 bits per heavy atom. The van der Waals surface area contributed by atoms with Gasteiger partial charge in [0.15, 0.2) is 0 Å². The van der Waals surface area contributed by atoms with Gasteiger partial charge in [0, 0.05) is 11.4 Å². The van der Waals surface area contributed by atoms with Crippen LogP contribution in [0.2, 0.25) is 0 Å². The predicted octanol–water partition coefficient (Wildman–Crippen LogP) is 3.43. The number of hydrogen-bond acceptors (Lipinski definition) is 4. The first-order chi connectivity index (χ1) is 11.6. The molecule has 0 aliphatic rings.